The largest absolute Gasteiger partial charge is 0.511 e. The molecule has 1 aliphatic rings. The van der Waals surface area contributed by atoms with Crippen molar-refractivity contribution >= 4 is 17.5 Å². The second-order valence-corrected chi connectivity index (χ2v) is 3.36. The van der Waals surface area contributed by atoms with Gasteiger partial charge >= 0.3 is 5.97 Å². The van der Waals surface area contributed by atoms with Crippen molar-refractivity contribution in [3.63, 3.8) is 0 Å². The zero-order valence-corrected chi connectivity index (χ0v) is 8.49. The summed E-state index contributed by atoms with van der Waals surface area (Å²) in [7, 11) is 0. The molecule has 0 spiro atoms. The molecule has 0 saturated heterocycles. The van der Waals surface area contributed by atoms with E-state index in [0.717, 1.165) is 0 Å². The van der Waals surface area contributed by atoms with Gasteiger partial charge in [-0.15, -0.1) is 0 Å². The summed E-state index contributed by atoms with van der Waals surface area (Å²) < 4.78 is 0. The Morgan fingerprint density at radius 1 is 1.47 bits per heavy atom. The molecule has 0 heterocycles. The topological polar surface area (TPSA) is 87.0 Å². The Morgan fingerprint density at radius 2 is 2.13 bits per heavy atom. The van der Waals surface area contributed by atoms with Crippen molar-refractivity contribution in [2.24, 2.45) is 4.99 Å². The molecule has 0 amide bonds. The first-order chi connectivity index (χ1) is 7.02. The minimum atomic E-state index is -0.928. The molecule has 5 heteroatoms. The summed E-state index contributed by atoms with van der Waals surface area (Å²) in [5, 5.41) is 17.8. The Balaban J connectivity index is 2.67. The maximum atomic E-state index is 11.3. The molecular formula is C10H13NO4. The first kappa shape index (κ1) is 11.4. The van der Waals surface area contributed by atoms with Crippen molar-refractivity contribution < 1.29 is 19.8 Å². The van der Waals surface area contributed by atoms with Gasteiger partial charge < -0.3 is 10.2 Å². The lowest BCUT2D eigenvalue weighted by Gasteiger charge is -2.00. The number of Topliss-reactive ketones (excluding diaryl/α,β-unsaturated/α-hetero) is 1. The fraction of sp³-hybridized carbons (Fsp3) is 0.500. The smallest absolute Gasteiger partial charge is 0.305 e. The van der Waals surface area contributed by atoms with Crippen LogP contribution in [0.3, 0.4) is 0 Å². The van der Waals surface area contributed by atoms with Crippen LogP contribution in [0.25, 0.3) is 0 Å². The highest BCUT2D eigenvalue weighted by Gasteiger charge is 2.24. The van der Waals surface area contributed by atoms with Crippen LogP contribution in [-0.2, 0) is 9.59 Å². The van der Waals surface area contributed by atoms with E-state index < -0.39 is 5.97 Å². The van der Waals surface area contributed by atoms with E-state index in [9.17, 15) is 14.7 Å². The average molecular weight is 211 g/mol. The summed E-state index contributed by atoms with van der Waals surface area (Å²) in [6.45, 7) is 1.74. The Morgan fingerprint density at radius 3 is 2.60 bits per heavy atom. The number of aliphatic imine (C=N–C) groups is 1. The predicted molar refractivity (Wildman–Crippen MR) is 54.1 cm³/mol. The summed E-state index contributed by atoms with van der Waals surface area (Å²) in [6, 6.07) is 0. The van der Waals surface area contributed by atoms with Gasteiger partial charge in [0.1, 0.15) is 5.76 Å². The van der Waals surface area contributed by atoms with Crippen molar-refractivity contribution in [2.75, 3.05) is 6.54 Å². The number of carbonyl (C=O) groups is 2. The van der Waals surface area contributed by atoms with Crippen LogP contribution in [0.5, 0.6) is 0 Å². The highest BCUT2D eigenvalue weighted by Crippen LogP contribution is 2.21. The van der Waals surface area contributed by atoms with Crippen LogP contribution in [0, 0.1) is 0 Å². The monoisotopic (exact) mass is 211 g/mol. The quantitative estimate of drug-likeness (QED) is 0.681. The number of carboxylic acids is 1. The molecule has 0 bridgehead atoms. The van der Waals surface area contributed by atoms with E-state index in [2.05, 4.69) is 4.99 Å². The highest BCUT2D eigenvalue weighted by molar-refractivity contribution is 6.23. The molecule has 2 N–H and O–H groups in total. The van der Waals surface area contributed by atoms with Crippen molar-refractivity contribution in [1.29, 1.82) is 0 Å². The van der Waals surface area contributed by atoms with Crippen molar-refractivity contribution in [3.05, 3.63) is 11.3 Å². The van der Waals surface area contributed by atoms with Crippen molar-refractivity contribution in [1.82, 2.24) is 0 Å². The Bertz CT molecular complexity index is 354. The summed E-state index contributed by atoms with van der Waals surface area (Å²) in [6.07, 6.45) is 0.604. The minimum Gasteiger partial charge on any atom is -0.511 e. The number of hydrogen-bond acceptors (Lipinski definition) is 4. The van der Waals surface area contributed by atoms with E-state index in [1.807, 2.05) is 0 Å². The first-order valence-corrected chi connectivity index (χ1v) is 4.71. The third-order valence-corrected chi connectivity index (χ3v) is 2.19. The standard InChI is InChI=1S/C10H13NO4/c1-6(11-5-4-9(14)15)10-7(12)2-3-8(10)13/h12H,2-5H2,1H3,(H,14,15). The lowest BCUT2D eigenvalue weighted by atomic mass is 10.1. The van der Waals surface area contributed by atoms with E-state index in [0.29, 0.717) is 18.6 Å². The minimum absolute atomic E-state index is 0.0663. The van der Waals surface area contributed by atoms with Gasteiger partial charge in [0.15, 0.2) is 5.78 Å². The van der Waals surface area contributed by atoms with E-state index >= 15 is 0 Å². The molecule has 82 valence electrons. The molecule has 0 aromatic carbocycles. The Labute approximate surface area is 87.1 Å². The van der Waals surface area contributed by atoms with Crippen LogP contribution in [0.4, 0.5) is 0 Å². The molecule has 15 heavy (non-hydrogen) atoms. The van der Waals surface area contributed by atoms with Crippen LogP contribution in [0.15, 0.2) is 16.3 Å². The highest BCUT2D eigenvalue weighted by atomic mass is 16.4. The molecule has 0 aromatic rings. The van der Waals surface area contributed by atoms with Crippen LogP contribution < -0.4 is 0 Å². The van der Waals surface area contributed by atoms with Crippen LogP contribution in [0.2, 0.25) is 0 Å². The molecule has 5 nitrogen and oxygen atoms in total. The lowest BCUT2D eigenvalue weighted by Crippen LogP contribution is -2.08. The summed E-state index contributed by atoms with van der Waals surface area (Å²) in [5.74, 6) is -0.983. The predicted octanol–water partition coefficient (Wildman–Crippen LogP) is 1.10. The maximum absolute atomic E-state index is 11.3. The summed E-state index contributed by atoms with van der Waals surface area (Å²) in [5.41, 5.74) is 0.691. The second kappa shape index (κ2) is 4.72. The zero-order chi connectivity index (χ0) is 11.4. The van der Waals surface area contributed by atoms with Gasteiger partial charge in [0, 0.05) is 25.1 Å². The summed E-state index contributed by atoms with van der Waals surface area (Å²) >= 11 is 0. The molecule has 1 aliphatic carbocycles. The number of aliphatic carboxylic acids is 1. The molecule has 0 saturated carbocycles. The average Bonchev–Trinajstić information content (AvgIpc) is 2.45. The molecule has 0 atom stereocenters. The molecular weight excluding hydrogens is 198 g/mol. The second-order valence-electron chi connectivity index (χ2n) is 3.36. The molecule has 1 rings (SSSR count). The molecule has 0 unspecified atom stereocenters. The van der Waals surface area contributed by atoms with Gasteiger partial charge in [-0.25, -0.2) is 0 Å². The van der Waals surface area contributed by atoms with E-state index in [4.69, 9.17) is 5.11 Å². The third-order valence-electron chi connectivity index (χ3n) is 2.19. The molecule has 0 aromatic heterocycles. The van der Waals surface area contributed by atoms with Gasteiger partial charge in [-0.3, -0.25) is 14.6 Å². The van der Waals surface area contributed by atoms with Crippen LogP contribution in [0.1, 0.15) is 26.2 Å². The number of carbonyl (C=O) groups excluding carboxylic acids is 1. The Hall–Kier alpha value is -1.65. The number of hydrogen-bond donors (Lipinski definition) is 2. The third kappa shape index (κ3) is 2.90. The molecule has 0 aliphatic heterocycles. The number of rotatable bonds is 4. The number of allylic oxidation sites excluding steroid dienone is 2. The van der Waals surface area contributed by atoms with Gasteiger partial charge in [0.05, 0.1) is 12.0 Å². The van der Waals surface area contributed by atoms with Gasteiger partial charge in [0.25, 0.3) is 0 Å². The van der Waals surface area contributed by atoms with Gasteiger partial charge in [-0.1, -0.05) is 0 Å². The zero-order valence-electron chi connectivity index (χ0n) is 8.49. The van der Waals surface area contributed by atoms with Crippen molar-refractivity contribution in [2.45, 2.75) is 26.2 Å². The molecule has 0 radical (unpaired) electrons. The summed E-state index contributed by atoms with van der Waals surface area (Å²) in [4.78, 5) is 25.5. The Kier molecular flexibility index (Phi) is 3.60. The molecule has 0 fully saturated rings. The number of nitrogens with zero attached hydrogens (tertiary/aromatic N) is 1. The fourth-order valence-corrected chi connectivity index (χ4v) is 1.45. The van der Waals surface area contributed by atoms with Gasteiger partial charge in [0.2, 0.25) is 0 Å². The number of ketones is 1. The van der Waals surface area contributed by atoms with E-state index in [1.54, 1.807) is 6.92 Å². The number of aliphatic hydroxyl groups is 1. The number of carboxylic acid groups (broad SMARTS) is 1. The van der Waals surface area contributed by atoms with Crippen LogP contribution >= 0.6 is 0 Å². The number of aliphatic hydroxyl groups excluding tert-OH is 1. The first-order valence-electron chi connectivity index (χ1n) is 4.71. The fourth-order valence-electron chi connectivity index (χ4n) is 1.45. The normalized spacial score (nSPS) is 17.4. The van der Waals surface area contributed by atoms with Crippen LogP contribution in [-0.4, -0.2) is 34.2 Å². The maximum Gasteiger partial charge on any atom is 0.305 e. The van der Waals surface area contributed by atoms with E-state index in [1.165, 1.54) is 0 Å². The van der Waals surface area contributed by atoms with Gasteiger partial charge in [-0.2, -0.15) is 0 Å². The van der Waals surface area contributed by atoms with Gasteiger partial charge in [-0.05, 0) is 6.92 Å². The van der Waals surface area contributed by atoms with E-state index in [-0.39, 0.29) is 30.1 Å². The van der Waals surface area contributed by atoms with Crippen molar-refractivity contribution in [3.8, 4) is 0 Å². The lowest BCUT2D eigenvalue weighted by molar-refractivity contribution is -0.136. The SMILES string of the molecule is CC(=NCCC(=O)O)C1=C(O)CCC1=O.